The number of carbonyl (C=O) groups is 2. The summed E-state index contributed by atoms with van der Waals surface area (Å²) < 4.78 is 5.97. The van der Waals surface area contributed by atoms with Gasteiger partial charge >= 0.3 is 5.97 Å². The lowest BCUT2D eigenvalue weighted by atomic mass is 10.0. The van der Waals surface area contributed by atoms with Crippen LogP contribution in [0.15, 0.2) is 0 Å². The Kier molecular flexibility index (Phi) is 51.9. The topological polar surface area (TPSA) is 95.9 Å². The van der Waals surface area contributed by atoms with Crippen LogP contribution in [0.2, 0.25) is 0 Å². The average molecular weight is 907 g/mol. The molecule has 0 aliphatic heterocycles. The van der Waals surface area contributed by atoms with Gasteiger partial charge in [-0.15, -0.1) is 0 Å². The van der Waals surface area contributed by atoms with E-state index in [-0.39, 0.29) is 24.9 Å². The first-order valence-corrected chi connectivity index (χ1v) is 29.3. The van der Waals surface area contributed by atoms with Crippen molar-refractivity contribution in [3.8, 4) is 0 Å². The summed E-state index contributed by atoms with van der Waals surface area (Å²) >= 11 is 0. The Balaban J connectivity index is 4.42. The zero-order valence-electron chi connectivity index (χ0n) is 43.7. The Morgan fingerprint density at radius 2 is 0.656 bits per heavy atom. The van der Waals surface area contributed by atoms with Gasteiger partial charge in [-0.3, -0.25) is 9.59 Å². The van der Waals surface area contributed by atoms with Crippen LogP contribution in [0.25, 0.3) is 0 Å². The minimum absolute atomic E-state index is 0.0884. The van der Waals surface area contributed by atoms with Gasteiger partial charge in [-0.05, 0) is 25.7 Å². The summed E-state index contributed by atoms with van der Waals surface area (Å²) in [5.74, 6) is -0.445. The highest BCUT2D eigenvalue weighted by molar-refractivity contribution is 5.77. The molecule has 382 valence electrons. The molecule has 3 unspecified atom stereocenters. The molecule has 0 aliphatic carbocycles. The van der Waals surface area contributed by atoms with Gasteiger partial charge in [0.25, 0.3) is 0 Å². The van der Waals surface area contributed by atoms with Crippen molar-refractivity contribution in [1.82, 2.24) is 5.32 Å². The van der Waals surface area contributed by atoms with E-state index in [9.17, 15) is 19.8 Å². The molecular weight excluding hydrogens is 791 g/mol. The molecule has 0 radical (unpaired) electrons. The van der Waals surface area contributed by atoms with Gasteiger partial charge in [0.1, 0.15) is 6.10 Å². The van der Waals surface area contributed by atoms with Crippen molar-refractivity contribution in [1.29, 1.82) is 0 Å². The standard InChI is InChI=1S/C58H115NO5/c1-4-7-10-13-16-19-22-25-27-28-29-31-33-36-39-42-45-48-51-58(63)64-54(49-46-43-40-37-34-24-21-18-15-12-9-6-3)52-57(62)59-55(53-60)56(61)50-47-44-41-38-35-32-30-26-23-20-17-14-11-8-5-2/h54-56,60-61H,4-53H2,1-3H3,(H,59,62). The highest BCUT2D eigenvalue weighted by Gasteiger charge is 2.24. The first kappa shape index (κ1) is 62.9. The predicted octanol–water partition coefficient (Wildman–Crippen LogP) is 17.9. The fraction of sp³-hybridized carbons (Fsp3) is 0.966. The van der Waals surface area contributed by atoms with E-state index in [0.29, 0.717) is 19.3 Å². The molecule has 0 saturated carbocycles. The van der Waals surface area contributed by atoms with Crippen LogP contribution in [0.3, 0.4) is 0 Å². The molecule has 0 aliphatic rings. The Morgan fingerprint density at radius 3 is 0.953 bits per heavy atom. The number of carbonyl (C=O) groups excluding carboxylic acids is 2. The van der Waals surface area contributed by atoms with Crippen molar-refractivity contribution in [3.05, 3.63) is 0 Å². The fourth-order valence-electron chi connectivity index (χ4n) is 9.49. The van der Waals surface area contributed by atoms with E-state index < -0.39 is 18.2 Å². The van der Waals surface area contributed by atoms with Crippen LogP contribution in [0.5, 0.6) is 0 Å². The van der Waals surface area contributed by atoms with E-state index in [4.69, 9.17) is 4.74 Å². The fourth-order valence-corrected chi connectivity index (χ4v) is 9.49. The zero-order valence-corrected chi connectivity index (χ0v) is 43.7. The molecule has 6 heteroatoms. The second-order valence-electron chi connectivity index (χ2n) is 20.4. The molecule has 0 rings (SSSR count). The molecule has 1 amide bonds. The first-order valence-electron chi connectivity index (χ1n) is 29.3. The van der Waals surface area contributed by atoms with Gasteiger partial charge in [0, 0.05) is 6.42 Å². The summed E-state index contributed by atoms with van der Waals surface area (Å²) in [5, 5.41) is 23.9. The van der Waals surface area contributed by atoms with Crippen LogP contribution < -0.4 is 5.32 Å². The van der Waals surface area contributed by atoms with Gasteiger partial charge in [-0.2, -0.15) is 0 Å². The highest BCUT2D eigenvalue weighted by atomic mass is 16.5. The van der Waals surface area contributed by atoms with Crippen molar-refractivity contribution in [2.75, 3.05) is 6.61 Å². The molecule has 6 nitrogen and oxygen atoms in total. The number of hydrogen-bond donors (Lipinski definition) is 3. The average Bonchev–Trinajstić information content (AvgIpc) is 3.29. The SMILES string of the molecule is CCCCCCCCCCCCCCCCCCCCC(=O)OC(CCCCCCCCCCCCCC)CC(=O)NC(CO)C(O)CCCCCCCCCCCCCCCCC. The minimum Gasteiger partial charge on any atom is -0.462 e. The lowest BCUT2D eigenvalue weighted by Crippen LogP contribution is -2.46. The molecule has 0 saturated heterocycles. The molecule has 0 aromatic rings. The molecule has 0 fully saturated rings. The number of rotatable bonds is 54. The number of esters is 1. The summed E-state index contributed by atoms with van der Waals surface area (Å²) in [6, 6.07) is -0.693. The van der Waals surface area contributed by atoms with Gasteiger partial charge in [-0.25, -0.2) is 0 Å². The van der Waals surface area contributed by atoms with Crippen LogP contribution in [0, 0.1) is 0 Å². The second-order valence-corrected chi connectivity index (χ2v) is 20.4. The van der Waals surface area contributed by atoms with Crippen LogP contribution in [-0.4, -0.2) is 46.9 Å². The molecular formula is C58H115NO5. The normalized spacial score (nSPS) is 13.0. The Labute approximate surface area is 400 Å². The lowest BCUT2D eigenvalue weighted by Gasteiger charge is -2.24. The van der Waals surface area contributed by atoms with E-state index >= 15 is 0 Å². The smallest absolute Gasteiger partial charge is 0.306 e. The van der Waals surface area contributed by atoms with Gasteiger partial charge in [-0.1, -0.05) is 297 Å². The van der Waals surface area contributed by atoms with Crippen molar-refractivity contribution in [2.45, 2.75) is 354 Å². The third kappa shape index (κ3) is 47.4. The minimum atomic E-state index is -0.780. The number of unbranched alkanes of at least 4 members (excludes halogenated alkanes) is 42. The summed E-state index contributed by atoms with van der Waals surface area (Å²) in [5.41, 5.74) is 0. The summed E-state index contributed by atoms with van der Waals surface area (Å²) in [7, 11) is 0. The van der Waals surface area contributed by atoms with Crippen molar-refractivity contribution in [3.63, 3.8) is 0 Å². The molecule has 3 N–H and O–H groups in total. The van der Waals surface area contributed by atoms with Gasteiger partial charge in [0.15, 0.2) is 0 Å². The van der Waals surface area contributed by atoms with Gasteiger partial charge in [0.05, 0.1) is 25.2 Å². The number of aliphatic hydroxyl groups excluding tert-OH is 2. The third-order valence-corrected chi connectivity index (χ3v) is 13.9. The van der Waals surface area contributed by atoms with E-state index in [1.54, 1.807) is 0 Å². The highest BCUT2D eigenvalue weighted by Crippen LogP contribution is 2.19. The lowest BCUT2D eigenvalue weighted by molar-refractivity contribution is -0.151. The number of nitrogens with one attached hydrogen (secondary N) is 1. The third-order valence-electron chi connectivity index (χ3n) is 13.9. The van der Waals surface area contributed by atoms with Crippen LogP contribution in [0.4, 0.5) is 0 Å². The molecule has 0 spiro atoms. The molecule has 3 atom stereocenters. The largest absolute Gasteiger partial charge is 0.462 e. The second kappa shape index (κ2) is 52.8. The Morgan fingerprint density at radius 1 is 0.391 bits per heavy atom. The maximum absolute atomic E-state index is 13.2. The van der Waals surface area contributed by atoms with Crippen LogP contribution >= 0.6 is 0 Å². The summed E-state index contributed by atoms with van der Waals surface area (Å²) in [6.07, 6.45) is 58.8. The van der Waals surface area contributed by atoms with Gasteiger partial charge < -0.3 is 20.3 Å². The number of aliphatic hydroxyl groups is 2. The molecule has 0 heterocycles. The summed E-state index contributed by atoms with van der Waals surface area (Å²) in [4.78, 5) is 26.2. The quantitative estimate of drug-likeness (QED) is 0.0417. The van der Waals surface area contributed by atoms with Crippen LogP contribution in [-0.2, 0) is 14.3 Å². The summed E-state index contributed by atoms with van der Waals surface area (Å²) in [6.45, 7) is 6.54. The van der Waals surface area contributed by atoms with Crippen molar-refractivity contribution >= 4 is 11.9 Å². The van der Waals surface area contributed by atoms with Crippen LogP contribution in [0.1, 0.15) is 335 Å². The van der Waals surface area contributed by atoms with E-state index in [1.807, 2.05) is 0 Å². The number of ether oxygens (including phenoxy) is 1. The van der Waals surface area contributed by atoms with Crippen molar-refractivity contribution in [2.24, 2.45) is 0 Å². The monoisotopic (exact) mass is 906 g/mol. The Hall–Kier alpha value is -1.14. The number of amides is 1. The maximum atomic E-state index is 13.2. The Bertz CT molecular complexity index is 928. The maximum Gasteiger partial charge on any atom is 0.306 e. The van der Waals surface area contributed by atoms with Gasteiger partial charge in [0.2, 0.25) is 5.91 Å². The van der Waals surface area contributed by atoms with Crippen molar-refractivity contribution < 1.29 is 24.5 Å². The van der Waals surface area contributed by atoms with E-state index in [0.717, 1.165) is 38.5 Å². The van der Waals surface area contributed by atoms with E-state index in [1.165, 1.54) is 250 Å². The molecule has 0 aromatic carbocycles. The molecule has 64 heavy (non-hydrogen) atoms. The number of hydrogen-bond acceptors (Lipinski definition) is 5. The predicted molar refractivity (Wildman–Crippen MR) is 278 cm³/mol. The first-order chi connectivity index (χ1) is 31.5. The zero-order chi connectivity index (χ0) is 46.7. The molecule has 0 bridgehead atoms. The molecule has 0 aromatic heterocycles. The van der Waals surface area contributed by atoms with E-state index in [2.05, 4.69) is 26.1 Å².